The second kappa shape index (κ2) is 15.5. The van der Waals surface area contributed by atoms with Crippen LogP contribution in [0, 0.1) is 27.0 Å². The first kappa shape index (κ1) is 36.2. The fourth-order valence-corrected chi connectivity index (χ4v) is 3.37. The summed E-state index contributed by atoms with van der Waals surface area (Å²) in [5.41, 5.74) is 8.70. The van der Waals surface area contributed by atoms with E-state index in [1.165, 1.54) is 56.7 Å². The summed E-state index contributed by atoms with van der Waals surface area (Å²) in [6, 6.07) is 15.2. The molecule has 0 aromatic heterocycles. The maximum atomic E-state index is 3.67. The Morgan fingerprint density at radius 3 is 1.88 bits per heavy atom. The van der Waals surface area contributed by atoms with Gasteiger partial charge in [0.15, 0.2) is 0 Å². The molecule has 0 amide bonds. The van der Waals surface area contributed by atoms with Gasteiger partial charge in [-0.2, -0.15) is 29.8 Å². The van der Waals surface area contributed by atoms with Gasteiger partial charge in [-0.1, -0.05) is 65.3 Å². The van der Waals surface area contributed by atoms with Crippen molar-refractivity contribution in [3.05, 3.63) is 97.8 Å². The van der Waals surface area contributed by atoms with Gasteiger partial charge in [0.25, 0.3) is 0 Å². The standard InChI is InChI=1S/C21H25.C5H5.2CH3.2ClH.Si.Zr/c1-20(2,3)16-7-9-18-14(12-16)11-15-13-17(21(4,5)6)8-10-19(15)18;1-2-4-5-3-1;;;;;;/h7-10,12H,11H2,1-6H3;1-3H,4H2;2*1H3;2*1H;;/q4*-1;;;;. The molecule has 0 bridgehead atoms. The molecule has 0 heterocycles. The van der Waals surface area contributed by atoms with Gasteiger partial charge in [-0.15, -0.1) is 42.4 Å². The first-order valence-electron chi connectivity index (χ1n) is 9.82. The van der Waals surface area contributed by atoms with Crippen molar-refractivity contribution in [3.8, 4) is 11.1 Å². The predicted molar refractivity (Wildman–Crippen MR) is 146 cm³/mol. The Balaban J connectivity index is -0.000000670. The van der Waals surface area contributed by atoms with Crippen molar-refractivity contribution in [2.24, 2.45) is 0 Å². The van der Waals surface area contributed by atoms with E-state index in [-0.39, 0.29) is 50.5 Å². The zero-order valence-corrected chi connectivity index (χ0v) is 25.9. The SMILES string of the molecule is CC(C)(C)c1[c-]c2c(cc1)-c1ccc(C(C)(C)C)cc1C2.Cl.Cl.[C-]1=CC=CC1.[CH3-].[CH3-].[Si]=[Zr]. The molecule has 0 N–H and O–H groups in total. The molecule has 4 rings (SSSR count). The summed E-state index contributed by atoms with van der Waals surface area (Å²) in [5.74, 6) is 0. The van der Waals surface area contributed by atoms with Crippen molar-refractivity contribution in [1.29, 1.82) is 0 Å². The van der Waals surface area contributed by atoms with Crippen LogP contribution in [0.25, 0.3) is 11.1 Å². The summed E-state index contributed by atoms with van der Waals surface area (Å²) >= 11 is 1.36. The first-order valence-corrected chi connectivity index (χ1v) is 14.0. The third-order valence-corrected chi connectivity index (χ3v) is 5.05. The summed E-state index contributed by atoms with van der Waals surface area (Å²) in [4.78, 5) is 0. The fourth-order valence-electron chi connectivity index (χ4n) is 3.37. The van der Waals surface area contributed by atoms with Crippen molar-refractivity contribution >= 4 is 31.7 Å². The minimum absolute atomic E-state index is 0. The van der Waals surface area contributed by atoms with E-state index in [1.807, 2.05) is 12.2 Å². The van der Waals surface area contributed by atoms with E-state index in [1.54, 1.807) is 0 Å². The number of hydrogen-bond acceptors (Lipinski definition) is 0. The van der Waals surface area contributed by atoms with E-state index in [0.29, 0.717) is 0 Å². The number of rotatable bonds is 0. The molecular weight excluding hydrogens is 527 g/mol. The van der Waals surface area contributed by atoms with Gasteiger partial charge in [0.05, 0.1) is 0 Å². The molecule has 0 spiro atoms. The molecule has 0 aliphatic heterocycles. The molecule has 0 fully saturated rings. The third kappa shape index (κ3) is 9.46. The topological polar surface area (TPSA) is 0 Å². The molecule has 2 aliphatic rings. The van der Waals surface area contributed by atoms with Gasteiger partial charge in [-0.25, -0.2) is 12.2 Å². The number of benzene rings is 2. The normalized spacial score (nSPS) is 12.0. The molecular formula is C28H38Cl2SiZr-4. The maximum absolute atomic E-state index is 3.67. The van der Waals surface area contributed by atoms with Gasteiger partial charge in [-0.05, 0) is 28.4 Å². The van der Waals surface area contributed by atoms with Gasteiger partial charge < -0.3 is 14.9 Å². The Morgan fingerprint density at radius 1 is 0.844 bits per heavy atom. The molecule has 32 heavy (non-hydrogen) atoms. The van der Waals surface area contributed by atoms with Crippen LogP contribution in [0.3, 0.4) is 0 Å². The molecule has 0 saturated heterocycles. The van der Waals surface area contributed by atoms with E-state index in [0.717, 1.165) is 12.8 Å². The van der Waals surface area contributed by atoms with E-state index in [4.69, 9.17) is 0 Å². The Labute approximate surface area is 227 Å². The molecule has 2 aromatic carbocycles. The molecule has 2 aromatic rings. The second-order valence-corrected chi connectivity index (χ2v) is 9.32. The van der Waals surface area contributed by atoms with Gasteiger partial charge >= 0.3 is 30.2 Å². The number of hydrogen-bond donors (Lipinski definition) is 0. The van der Waals surface area contributed by atoms with Crippen LogP contribution in [0.15, 0.2) is 48.6 Å². The Kier molecular flexibility index (Phi) is 17.5. The van der Waals surface area contributed by atoms with Crippen LogP contribution < -0.4 is 0 Å². The summed E-state index contributed by atoms with van der Waals surface area (Å²) in [6.45, 7) is 16.7. The summed E-state index contributed by atoms with van der Waals surface area (Å²) in [5, 5.41) is 0. The number of fused-ring (bicyclic) bond motifs is 3. The van der Waals surface area contributed by atoms with Gasteiger partial charge in [-0.3, -0.25) is 6.08 Å². The van der Waals surface area contributed by atoms with Crippen LogP contribution in [0.4, 0.5) is 0 Å². The minimum atomic E-state index is 0. The van der Waals surface area contributed by atoms with E-state index >= 15 is 0 Å². The number of halogens is 2. The van der Waals surface area contributed by atoms with Crippen LogP contribution in [0.2, 0.25) is 0 Å². The van der Waals surface area contributed by atoms with Crippen molar-refractivity contribution < 1.29 is 23.3 Å². The predicted octanol–water partition coefficient (Wildman–Crippen LogP) is 8.32. The fraction of sp³-hybridized carbons (Fsp3) is 0.357. The Morgan fingerprint density at radius 2 is 1.44 bits per heavy atom. The molecule has 176 valence electrons. The Hall–Kier alpha value is -0.400. The van der Waals surface area contributed by atoms with Crippen molar-refractivity contribution in [2.75, 3.05) is 0 Å². The first-order chi connectivity index (χ1) is 13.2. The molecule has 0 nitrogen and oxygen atoms in total. The van der Waals surface area contributed by atoms with Crippen molar-refractivity contribution in [1.82, 2.24) is 0 Å². The monoisotopic (exact) mass is 562 g/mol. The average molecular weight is 565 g/mol. The van der Waals surface area contributed by atoms with Gasteiger partial charge in [0.1, 0.15) is 0 Å². The van der Waals surface area contributed by atoms with Crippen LogP contribution in [-0.4, -0.2) is 6.88 Å². The molecule has 2 aliphatic carbocycles. The average Bonchev–Trinajstić information content (AvgIpc) is 3.32. The van der Waals surface area contributed by atoms with Crippen LogP contribution in [-0.2, 0) is 40.6 Å². The van der Waals surface area contributed by atoms with E-state index < -0.39 is 0 Å². The van der Waals surface area contributed by atoms with Crippen LogP contribution >= 0.6 is 24.8 Å². The third-order valence-electron chi connectivity index (χ3n) is 5.05. The molecule has 0 atom stereocenters. The summed E-state index contributed by atoms with van der Waals surface area (Å²) in [6.07, 6.45) is 11.0. The second-order valence-electron chi connectivity index (χ2n) is 9.32. The summed E-state index contributed by atoms with van der Waals surface area (Å²) in [7, 11) is 0. The number of allylic oxidation sites excluding steroid dienone is 4. The van der Waals surface area contributed by atoms with Crippen LogP contribution in [0.5, 0.6) is 0 Å². The van der Waals surface area contributed by atoms with Gasteiger partial charge in [0, 0.05) is 0 Å². The zero-order valence-electron chi connectivity index (χ0n) is 20.8. The quantitative estimate of drug-likeness (QED) is 0.190. The van der Waals surface area contributed by atoms with Crippen LogP contribution in [0.1, 0.15) is 70.2 Å². The van der Waals surface area contributed by atoms with Gasteiger partial charge in [0.2, 0.25) is 0 Å². The zero-order chi connectivity index (χ0) is 20.9. The molecule has 0 unspecified atom stereocenters. The van der Waals surface area contributed by atoms with E-state index in [2.05, 4.69) is 97.0 Å². The van der Waals surface area contributed by atoms with Crippen molar-refractivity contribution in [2.45, 2.75) is 65.2 Å². The van der Waals surface area contributed by atoms with Crippen molar-refractivity contribution in [3.63, 3.8) is 0 Å². The molecule has 4 heteroatoms. The Bertz CT molecular complexity index is 816. The summed E-state index contributed by atoms with van der Waals surface area (Å²) < 4.78 is 0. The van der Waals surface area contributed by atoms with E-state index in [9.17, 15) is 0 Å². The molecule has 0 saturated carbocycles. The molecule has 2 radical (unpaired) electrons.